The normalized spacial score (nSPS) is 15.5. The van der Waals surface area contributed by atoms with Crippen molar-refractivity contribution in [2.75, 3.05) is 27.2 Å². The summed E-state index contributed by atoms with van der Waals surface area (Å²) in [5, 5.41) is 5.78. The number of nitrogens with zero attached hydrogens (tertiary/aromatic N) is 1. The molecule has 0 atom stereocenters. The Labute approximate surface area is 132 Å². The number of nitrogens with one attached hydrogen (secondary N) is 2. The summed E-state index contributed by atoms with van der Waals surface area (Å²) < 4.78 is 0. The molecule has 5 nitrogen and oxygen atoms in total. The Bertz CT molecular complexity index is 551. The van der Waals surface area contributed by atoms with E-state index in [2.05, 4.69) is 10.6 Å². The van der Waals surface area contributed by atoms with E-state index in [1.54, 1.807) is 0 Å². The van der Waals surface area contributed by atoms with Crippen LogP contribution in [0.4, 0.5) is 0 Å². The minimum absolute atomic E-state index is 0.142. The molecule has 1 aliphatic rings. The first-order valence-electron chi connectivity index (χ1n) is 7.71. The molecule has 0 spiro atoms. The van der Waals surface area contributed by atoms with Crippen LogP contribution >= 0.6 is 0 Å². The number of aryl methyl sites for hydroxylation is 1. The van der Waals surface area contributed by atoms with Crippen LogP contribution < -0.4 is 10.6 Å². The predicted octanol–water partition coefficient (Wildman–Crippen LogP) is 1.07. The van der Waals surface area contributed by atoms with Crippen LogP contribution in [-0.4, -0.2) is 43.9 Å². The van der Waals surface area contributed by atoms with Gasteiger partial charge in [0.1, 0.15) is 5.41 Å². The molecule has 0 radical (unpaired) electrons. The molecule has 2 N–H and O–H groups in total. The second kappa shape index (κ2) is 6.92. The fourth-order valence-electron chi connectivity index (χ4n) is 2.40. The van der Waals surface area contributed by atoms with Gasteiger partial charge in [0.2, 0.25) is 11.8 Å². The number of benzene rings is 1. The maximum atomic E-state index is 12.4. The van der Waals surface area contributed by atoms with Crippen LogP contribution in [0, 0.1) is 12.3 Å². The molecule has 2 rings (SSSR count). The van der Waals surface area contributed by atoms with E-state index in [1.807, 2.05) is 50.2 Å². The highest BCUT2D eigenvalue weighted by atomic mass is 16.2. The van der Waals surface area contributed by atoms with Crippen LogP contribution in [0.5, 0.6) is 0 Å². The third kappa shape index (κ3) is 3.85. The first kappa shape index (κ1) is 16.5. The van der Waals surface area contributed by atoms with Crippen LogP contribution in [0.1, 0.15) is 24.0 Å². The smallest absolute Gasteiger partial charge is 0.235 e. The Morgan fingerprint density at radius 1 is 1.14 bits per heavy atom. The zero-order chi connectivity index (χ0) is 16.2. The zero-order valence-electron chi connectivity index (χ0n) is 13.6. The van der Waals surface area contributed by atoms with Gasteiger partial charge in [-0.2, -0.15) is 0 Å². The van der Waals surface area contributed by atoms with Gasteiger partial charge in [0, 0.05) is 19.6 Å². The van der Waals surface area contributed by atoms with E-state index >= 15 is 0 Å². The highest BCUT2D eigenvalue weighted by molar-refractivity contribution is 6.07. The molecule has 120 valence electrons. The quantitative estimate of drug-likeness (QED) is 0.741. The summed E-state index contributed by atoms with van der Waals surface area (Å²) in [6, 6.07) is 7.94. The molecule has 0 aliphatic heterocycles. The molecule has 1 fully saturated rings. The third-order valence-corrected chi connectivity index (χ3v) is 4.16. The number of hydrogen-bond donors (Lipinski definition) is 2. The number of carbonyl (C=O) groups excluding carboxylic acids is 2. The standard InChI is InChI=1S/C17H25N3O2/c1-13-6-4-5-7-14(13)12-19-16(22)17(8-9-17)15(21)18-10-11-20(2)3/h4-7H,8-12H2,1-3H3,(H,18,21)(H,19,22). The van der Waals surface area contributed by atoms with Gasteiger partial charge >= 0.3 is 0 Å². The van der Waals surface area contributed by atoms with Crippen LogP contribution in [0.2, 0.25) is 0 Å². The number of likely N-dealkylation sites (N-methyl/N-ethyl adjacent to an activating group) is 1. The average Bonchev–Trinajstić information content (AvgIpc) is 3.27. The van der Waals surface area contributed by atoms with Gasteiger partial charge < -0.3 is 15.5 Å². The first-order valence-corrected chi connectivity index (χ1v) is 7.71. The van der Waals surface area contributed by atoms with Gasteiger partial charge in [-0.3, -0.25) is 9.59 Å². The Morgan fingerprint density at radius 3 is 2.36 bits per heavy atom. The van der Waals surface area contributed by atoms with Crippen molar-refractivity contribution in [3.63, 3.8) is 0 Å². The molecule has 1 aromatic rings. The van der Waals surface area contributed by atoms with Gasteiger partial charge in [-0.1, -0.05) is 24.3 Å². The SMILES string of the molecule is Cc1ccccc1CNC(=O)C1(C(=O)NCCN(C)C)CC1. The van der Waals surface area contributed by atoms with E-state index in [1.165, 1.54) is 0 Å². The van der Waals surface area contributed by atoms with Crippen LogP contribution in [0.15, 0.2) is 24.3 Å². The van der Waals surface area contributed by atoms with Gasteiger partial charge in [-0.25, -0.2) is 0 Å². The molecule has 22 heavy (non-hydrogen) atoms. The van der Waals surface area contributed by atoms with Crippen molar-refractivity contribution in [3.8, 4) is 0 Å². The van der Waals surface area contributed by atoms with E-state index in [9.17, 15) is 9.59 Å². The molecular weight excluding hydrogens is 278 g/mol. The van der Waals surface area contributed by atoms with Gasteiger partial charge in [0.05, 0.1) is 0 Å². The molecule has 1 aliphatic carbocycles. The minimum atomic E-state index is -0.838. The molecule has 0 bridgehead atoms. The number of rotatable bonds is 7. The van der Waals surface area contributed by atoms with Crippen molar-refractivity contribution < 1.29 is 9.59 Å². The highest BCUT2D eigenvalue weighted by Crippen LogP contribution is 2.46. The predicted molar refractivity (Wildman–Crippen MR) is 86.3 cm³/mol. The third-order valence-electron chi connectivity index (χ3n) is 4.16. The number of carbonyl (C=O) groups is 2. The van der Waals surface area contributed by atoms with Crippen LogP contribution in [0.25, 0.3) is 0 Å². The van der Waals surface area contributed by atoms with Gasteiger partial charge in [-0.05, 0) is 45.0 Å². The second-order valence-corrected chi connectivity index (χ2v) is 6.25. The fraction of sp³-hybridized carbons (Fsp3) is 0.529. The van der Waals surface area contributed by atoms with Crippen molar-refractivity contribution in [2.24, 2.45) is 5.41 Å². The van der Waals surface area contributed by atoms with E-state index in [4.69, 9.17) is 0 Å². The summed E-state index contributed by atoms with van der Waals surface area (Å²) in [7, 11) is 3.90. The summed E-state index contributed by atoms with van der Waals surface area (Å²) in [6.45, 7) is 3.83. The molecule has 2 amide bonds. The number of amides is 2. The largest absolute Gasteiger partial charge is 0.354 e. The van der Waals surface area contributed by atoms with E-state index in [0.29, 0.717) is 25.9 Å². The van der Waals surface area contributed by atoms with E-state index in [-0.39, 0.29) is 11.8 Å². The van der Waals surface area contributed by atoms with E-state index in [0.717, 1.165) is 17.7 Å². The molecule has 5 heteroatoms. The van der Waals surface area contributed by atoms with Crippen LogP contribution in [0.3, 0.4) is 0 Å². The number of hydrogen-bond acceptors (Lipinski definition) is 3. The summed E-state index contributed by atoms with van der Waals surface area (Å²) in [4.78, 5) is 26.6. The van der Waals surface area contributed by atoms with Gasteiger partial charge in [-0.15, -0.1) is 0 Å². The zero-order valence-corrected chi connectivity index (χ0v) is 13.6. The van der Waals surface area contributed by atoms with Crippen molar-refractivity contribution in [1.29, 1.82) is 0 Å². The molecule has 0 aromatic heterocycles. The molecule has 0 heterocycles. The molecular formula is C17H25N3O2. The second-order valence-electron chi connectivity index (χ2n) is 6.25. The topological polar surface area (TPSA) is 61.4 Å². The summed E-state index contributed by atoms with van der Waals surface area (Å²) in [5.41, 5.74) is 1.39. The minimum Gasteiger partial charge on any atom is -0.354 e. The van der Waals surface area contributed by atoms with Gasteiger partial charge in [0.25, 0.3) is 0 Å². The molecule has 1 aromatic carbocycles. The molecule has 1 saturated carbocycles. The summed E-state index contributed by atoms with van der Waals surface area (Å²) in [5.74, 6) is -0.297. The van der Waals surface area contributed by atoms with Gasteiger partial charge in [0.15, 0.2) is 0 Å². The lowest BCUT2D eigenvalue weighted by Gasteiger charge is -2.17. The first-order chi connectivity index (χ1) is 10.5. The maximum Gasteiger partial charge on any atom is 0.235 e. The Balaban J connectivity index is 1.86. The maximum absolute atomic E-state index is 12.4. The molecule has 0 unspecified atom stereocenters. The van der Waals surface area contributed by atoms with E-state index < -0.39 is 5.41 Å². The molecule has 0 saturated heterocycles. The van der Waals surface area contributed by atoms with Crippen LogP contribution in [-0.2, 0) is 16.1 Å². The Kier molecular flexibility index (Phi) is 5.19. The Hall–Kier alpha value is -1.88. The monoisotopic (exact) mass is 303 g/mol. The Morgan fingerprint density at radius 2 is 1.77 bits per heavy atom. The lowest BCUT2D eigenvalue weighted by molar-refractivity contribution is -0.137. The van der Waals surface area contributed by atoms with Crippen molar-refractivity contribution >= 4 is 11.8 Å². The van der Waals surface area contributed by atoms with Crippen molar-refractivity contribution in [2.45, 2.75) is 26.3 Å². The summed E-state index contributed by atoms with van der Waals surface area (Å²) in [6.07, 6.45) is 1.28. The summed E-state index contributed by atoms with van der Waals surface area (Å²) >= 11 is 0. The lowest BCUT2D eigenvalue weighted by Crippen LogP contribution is -2.44. The highest BCUT2D eigenvalue weighted by Gasteiger charge is 2.56. The lowest BCUT2D eigenvalue weighted by atomic mass is 10.0. The van der Waals surface area contributed by atoms with Crippen molar-refractivity contribution in [1.82, 2.24) is 15.5 Å². The fourth-order valence-corrected chi connectivity index (χ4v) is 2.40. The van der Waals surface area contributed by atoms with Crippen molar-refractivity contribution in [3.05, 3.63) is 35.4 Å². The average molecular weight is 303 g/mol.